The fourth-order valence-corrected chi connectivity index (χ4v) is 2.91. The highest BCUT2D eigenvalue weighted by Crippen LogP contribution is 2.32. The Kier molecular flexibility index (Phi) is 4.30. The van der Waals surface area contributed by atoms with Crippen molar-refractivity contribution in [1.29, 1.82) is 0 Å². The number of ketones is 3. The number of fused-ring (bicyclic) bond motifs is 2. The van der Waals surface area contributed by atoms with E-state index in [4.69, 9.17) is 9.47 Å². The lowest BCUT2D eigenvalue weighted by atomic mass is 10.0. The molecule has 0 bridgehead atoms. The summed E-state index contributed by atoms with van der Waals surface area (Å²) in [4.78, 5) is 39.6. The van der Waals surface area contributed by atoms with Crippen LogP contribution in [0, 0.1) is 0 Å². The van der Waals surface area contributed by atoms with Gasteiger partial charge in [0.25, 0.3) is 0 Å². The monoisotopic (exact) mass is 361 g/mol. The van der Waals surface area contributed by atoms with Crippen molar-refractivity contribution in [2.75, 3.05) is 6.79 Å². The Balaban J connectivity index is 1.43. The van der Waals surface area contributed by atoms with Gasteiger partial charge in [0.05, 0.1) is 12.0 Å². The van der Waals surface area contributed by atoms with E-state index in [0.29, 0.717) is 16.9 Å². The molecule has 0 amide bonds. The normalized spacial score (nSPS) is 12.6. The maximum atomic E-state index is 12.4. The van der Waals surface area contributed by atoms with Gasteiger partial charge < -0.3 is 14.5 Å². The van der Waals surface area contributed by atoms with Crippen LogP contribution >= 0.6 is 0 Å². The van der Waals surface area contributed by atoms with E-state index in [0.717, 1.165) is 11.1 Å². The van der Waals surface area contributed by atoms with E-state index < -0.39 is 23.8 Å². The molecule has 0 unspecified atom stereocenters. The lowest BCUT2D eigenvalue weighted by Gasteiger charge is -1.99. The third-order valence-electron chi connectivity index (χ3n) is 4.28. The average Bonchev–Trinajstić information content (AvgIpc) is 3.32. The van der Waals surface area contributed by atoms with Gasteiger partial charge in [-0.2, -0.15) is 0 Å². The quantitative estimate of drug-likeness (QED) is 0.315. The molecular weight excluding hydrogens is 346 g/mol. The van der Waals surface area contributed by atoms with Gasteiger partial charge in [-0.1, -0.05) is 30.3 Å². The van der Waals surface area contributed by atoms with E-state index in [1.165, 1.54) is 12.3 Å². The van der Waals surface area contributed by atoms with Crippen molar-refractivity contribution in [2.24, 2.45) is 0 Å². The molecule has 0 atom stereocenters. The minimum absolute atomic E-state index is 0.173. The van der Waals surface area contributed by atoms with Crippen molar-refractivity contribution in [3.63, 3.8) is 0 Å². The number of ether oxygens (including phenoxy) is 2. The van der Waals surface area contributed by atoms with Gasteiger partial charge >= 0.3 is 0 Å². The fraction of sp³-hybridized carbons (Fsp3) is 0.0952. The van der Waals surface area contributed by atoms with E-state index in [2.05, 4.69) is 4.98 Å². The smallest absolute Gasteiger partial charge is 0.231 e. The first-order chi connectivity index (χ1) is 13.1. The molecular formula is C21H15NO5. The molecule has 0 fully saturated rings. The molecule has 0 saturated carbocycles. The molecule has 1 aliphatic rings. The molecule has 1 N–H and O–H groups in total. The SMILES string of the molecule is O=C(C=Cc1ccc2c(c1)OCO2)CC(=O)C(=O)c1c[nH]c2ccccc12. The van der Waals surface area contributed by atoms with Gasteiger partial charge in [-0.15, -0.1) is 0 Å². The molecule has 0 radical (unpaired) electrons. The Hall–Kier alpha value is -3.67. The van der Waals surface area contributed by atoms with E-state index >= 15 is 0 Å². The van der Waals surface area contributed by atoms with Crippen molar-refractivity contribution in [3.05, 3.63) is 65.9 Å². The third kappa shape index (κ3) is 3.37. The van der Waals surface area contributed by atoms with Gasteiger partial charge in [0.15, 0.2) is 17.3 Å². The number of H-pyrrole nitrogens is 1. The van der Waals surface area contributed by atoms with Crippen LogP contribution in [0.5, 0.6) is 11.5 Å². The van der Waals surface area contributed by atoms with Crippen molar-refractivity contribution in [2.45, 2.75) is 6.42 Å². The first-order valence-electron chi connectivity index (χ1n) is 8.36. The average molecular weight is 361 g/mol. The Morgan fingerprint density at radius 1 is 1.04 bits per heavy atom. The fourth-order valence-electron chi connectivity index (χ4n) is 2.91. The van der Waals surface area contributed by atoms with Gasteiger partial charge in [-0.25, -0.2) is 0 Å². The predicted molar refractivity (Wildman–Crippen MR) is 98.9 cm³/mol. The molecule has 27 heavy (non-hydrogen) atoms. The van der Waals surface area contributed by atoms with E-state index in [9.17, 15) is 14.4 Å². The number of carbonyl (C=O) groups excluding carboxylic acids is 3. The van der Waals surface area contributed by atoms with Crippen molar-refractivity contribution < 1.29 is 23.9 Å². The van der Waals surface area contributed by atoms with Crippen LogP contribution in [0.15, 0.2) is 54.7 Å². The summed E-state index contributed by atoms with van der Waals surface area (Å²) in [6.07, 6.45) is 3.89. The second-order valence-electron chi connectivity index (χ2n) is 6.09. The van der Waals surface area contributed by atoms with Crippen LogP contribution in [0.25, 0.3) is 17.0 Å². The molecule has 4 rings (SSSR count). The van der Waals surface area contributed by atoms with Gasteiger partial charge in [0, 0.05) is 17.1 Å². The van der Waals surface area contributed by atoms with Crippen LogP contribution in [0.3, 0.4) is 0 Å². The summed E-state index contributed by atoms with van der Waals surface area (Å²) in [5, 5.41) is 0.666. The van der Waals surface area contributed by atoms with Crippen LogP contribution in [0.1, 0.15) is 22.3 Å². The number of Topliss-reactive ketones (excluding diaryl/α,β-unsaturated/α-hetero) is 2. The Morgan fingerprint density at radius 3 is 2.74 bits per heavy atom. The largest absolute Gasteiger partial charge is 0.454 e. The lowest BCUT2D eigenvalue weighted by molar-refractivity contribution is -0.122. The second kappa shape index (κ2) is 6.92. The van der Waals surface area contributed by atoms with Crippen LogP contribution in [-0.2, 0) is 9.59 Å². The molecule has 6 heteroatoms. The minimum Gasteiger partial charge on any atom is -0.454 e. The molecule has 134 valence electrons. The van der Waals surface area contributed by atoms with E-state index in [1.807, 2.05) is 12.1 Å². The van der Waals surface area contributed by atoms with Crippen molar-refractivity contribution in [1.82, 2.24) is 4.98 Å². The number of rotatable bonds is 6. The van der Waals surface area contributed by atoms with E-state index in [1.54, 1.807) is 36.4 Å². The minimum atomic E-state index is -0.736. The maximum Gasteiger partial charge on any atom is 0.231 e. The number of carbonyl (C=O) groups is 3. The lowest BCUT2D eigenvalue weighted by Crippen LogP contribution is -2.17. The summed E-state index contributed by atoms with van der Waals surface area (Å²) in [5.41, 5.74) is 1.79. The molecule has 2 heterocycles. The predicted octanol–water partition coefficient (Wildman–Crippen LogP) is 3.32. The summed E-state index contributed by atoms with van der Waals surface area (Å²) in [5.74, 6) is -0.587. The number of benzene rings is 2. The summed E-state index contributed by atoms with van der Waals surface area (Å²) in [6, 6.07) is 12.5. The number of allylic oxidation sites excluding steroid dienone is 1. The Bertz CT molecular complexity index is 1090. The molecule has 2 aromatic carbocycles. The first-order valence-corrected chi connectivity index (χ1v) is 8.36. The van der Waals surface area contributed by atoms with E-state index in [-0.39, 0.29) is 12.4 Å². The molecule has 0 spiro atoms. The standard InChI is InChI=1S/C21H15NO5/c23-14(7-5-13-6-8-19-20(9-13)27-12-26-19)10-18(24)21(25)16-11-22-17-4-2-1-3-15(16)17/h1-9,11,22H,10,12H2. The number of aromatic amines is 1. The zero-order chi connectivity index (χ0) is 18.8. The Labute approximate surface area is 154 Å². The molecule has 0 aliphatic carbocycles. The molecule has 0 saturated heterocycles. The second-order valence-corrected chi connectivity index (χ2v) is 6.09. The van der Waals surface area contributed by atoms with Gasteiger partial charge in [-0.3, -0.25) is 14.4 Å². The summed E-state index contributed by atoms with van der Waals surface area (Å²) >= 11 is 0. The van der Waals surface area contributed by atoms with Gasteiger partial charge in [0.1, 0.15) is 0 Å². The highest BCUT2D eigenvalue weighted by atomic mass is 16.7. The Morgan fingerprint density at radius 2 is 1.85 bits per heavy atom. The molecule has 1 aromatic heterocycles. The zero-order valence-corrected chi connectivity index (χ0v) is 14.2. The molecule has 1 aliphatic heterocycles. The number of aromatic nitrogens is 1. The number of para-hydroxylation sites is 1. The maximum absolute atomic E-state index is 12.4. The molecule has 6 nitrogen and oxygen atoms in total. The highest BCUT2D eigenvalue weighted by molar-refractivity contribution is 6.48. The van der Waals surface area contributed by atoms with Crippen molar-refractivity contribution >= 4 is 34.3 Å². The summed E-state index contributed by atoms with van der Waals surface area (Å²) in [7, 11) is 0. The van der Waals surface area contributed by atoms with Gasteiger partial charge in [0.2, 0.25) is 18.4 Å². The number of hydrogen-bond acceptors (Lipinski definition) is 5. The number of hydrogen-bond donors (Lipinski definition) is 1. The van der Waals surface area contributed by atoms with Gasteiger partial charge in [-0.05, 0) is 29.8 Å². The summed E-state index contributed by atoms with van der Waals surface area (Å²) in [6.45, 7) is 0.173. The first kappa shape index (κ1) is 16.8. The third-order valence-corrected chi connectivity index (χ3v) is 4.28. The topological polar surface area (TPSA) is 85.5 Å². The zero-order valence-electron chi connectivity index (χ0n) is 14.2. The highest BCUT2D eigenvalue weighted by Gasteiger charge is 2.21. The van der Waals surface area contributed by atoms with Crippen LogP contribution in [0.2, 0.25) is 0 Å². The summed E-state index contributed by atoms with van der Waals surface area (Å²) < 4.78 is 10.5. The van der Waals surface area contributed by atoms with Crippen LogP contribution < -0.4 is 9.47 Å². The van der Waals surface area contributed by atoms with Crippen molar-refractivity contribution in [3.8, 4) is 11.5 Å². The molecule has 3 aromatic rings. The van der Waals surface area contributed by atoms with Crippen LogP contribution in [-0.4, -0.2) is 29.1 Å². The van der Waals surface area contributed by atoms with Crippen LogP contribution in [0.4, 0.5) is 0 Å². The number of nitrogens with one attached hydrogen (secondary N) is 1.